The molecule has 0 saturated carbocycles. The Hall–Kier alpha value is -2.27. The van der Waals surface area contributed by atoms with Gasteiger partial charge in [-0.1, -0.05) is 43.6 Å². The largest absolute Gasteiger partial charge is 0.368 e. The minimum absolute atomic E-state index is 0.0593. The average molecular weight is 390 g/mol. The smallest absolute Gasteiger partial charge is 0.317 e. The molecule has 1 fully saturated rings. The van der Waals surface area contributed by atoms with Crippen molar-refractivity contribution in [1.82, 2.24) is 10.2 Å². The third-order valence-corrected chi connectivity index (χ3v) is 5.28. The zero-order valence-corrected chi connectivity index (χ0v) is 16.5. The van der Waals surface area contributed by atoms with Crippen LogP contribution in [0.1, 0.15) is 19.4 Å². The number of halogens is 2. The van der Waals surface area contributed by atoms with Crippen LogP contribution in [0.5, 0.6) is 0 Å². The molecule has 27 heavy (non-hydrogen) atoms. The van der Waals surface area contributed by atoms with Crippen LogP contribution in [0.25, 0.3) is 0 Å². The van der Waals surface area contributed by atoms with Gasteiger partial charge in [0.1, 0.15) is 5.82 Å². The van der Waals surface area contributed by atoms with Crippen molar-refractivity contribution in [3.63, 3.8) is 0 Å². The molecule has 0 aromatic heterocycles. The van der Waals surface area contributed by atoms with Crippen LogP contribution in [-0.4, -0.2) is 43.7 Å². The van der Waals surface area contributed by atoms with Gasteiger partial charge < -0.3 is 15.1 Å². The van der Waals surface area contributed by atoms with Gasteiger partial charge >= 0.3 is 6.03 Å². The van der Waals surface area contributed by atoms with E-state index in [1.54, 1.807) is 12.1 Å². The van der Waals surface area contributed by atoms with E-state index in [4.69, 9.17) is 11.6 Å². The van der Waals surface area contributed by atoms with Crippen LogP contribution < -0.4 is 10.2 Å². The quantitative estimate of drug-likeness (QED) is 0.846. The first kappa shape index (κ1) is 19.5. The van der Waals surface area contributed by atoms with E-state index in [-0.39, 0.29) is 17.3 Å². The first-order chi connectivity index (χ1) is 12.8. The molecule has 0 unspecified atom stereocenters. The number of hydrogen-bond donors (Lipinski definition) is 1. The molecule has 1 N–H and O–H groups in total. The molecule has 2 aromatic carbocycles. The van der Waals surface area contributed by atoms with Crippen molar-refractivity contribution >= 4 is 23.3 Å². The van der Waals surface area contributed by atoms with Crippen LogP contribution in [0, 0.1) is 5.82 Å². The Morgan fingerprint density at radius 1 is 1.11 bits per heavy atom. The number of piperazine rings is 1. The van der Waals surface area contributed by atoms with Gasteiger partial charge in [-0.15, -0.1) is 0 Å². The number of hydrogen-bond acceptors (Lipinski definition) is 2. The molecule has 0 spiro atoms. The number of carbonyl (C=O) groups is 1. The van der Waals surface area contributed by atoms with Crippen LogP contribution in [0.3, 0.4) is 0 Å². The fourth-order valence-corrected chi connectivity index (χ4v) is 3.44. The average Bonchev–Trinajstić information content (AvgIpc) is 2.67. The minimum Gasteiger partial charge on any atom is -0.368 e. The second kappa shape index (κ2) is 8.17. The molecule has 1 aliphatic heterocycles. The standard InChI is InChI=1S/C21H25ClFN3O/c1-21(2,16-6-8-18(23)9-7-16)15-24-20(27)26-12-10-25(11-13-26)19-5-3-4-17(22)14-19/h3-9,14H,10-13,15H2,1-2H3,(H,24,27). The van der Waals surface area contributed by atoms with E-state index in [1.807, 2.05) is 43.0 Å². The zero-order chi connectivity index (χ0) is 19.4. The molecule has 1 aliphatic rings. The van der Waals surface area contributed by atoms with E-state index in [1.165, 1.54) is 12.1 Å². The van der Waals surface area contributed by atoms with Crippen LogP contribution in [0.4, 0.5) is 14.9 Å². The topological polar surface area (TPSA) is 35.6 Å². The van der Waals surface area contributed by atoms with Gasteiger partial charge in [-0.3, -0.25) is 0 Å². The second-order valence-electron chi connectivity index (χ2n) is 7.50. The first-order valence-electron chi connectivity index (χ1n) is 9.14. The zero-order valence-electron chi connectivity index (χ0n) is 15.7. The second-order valence-corrected chi connectivity index (χ2v) is 7.94. The molecule has 4 nitrogen and oxygen atoms in total. The van der Waals surface area contributed by atoms with Gasteiger partial charge in [-0.25, -0.2) is 9.18 Å². The van der Waals surface area contributed by atoms with Gasteiger partial charge in [0.2, 0.25) is 0 Å². The van der Waals surface area contributed by atoms with Crippen LogP contribution in [-0.2, 0) is 5.41 Å². The van der Waals surface area contributed by atoms with Crippen molar-refractivity contribution in [3.8, 4) is 0 Å². The predicted molar refractivity (Wildman–Crippen MR) is 108 cm³/mol. The monoisotopic (exact) mass is 389 g/mol. The number of nitrogens with one attached hydrogen (secondary N) is 1. The van der Waals surface area contributed by atoms with Gasteiger partial charge in [-0.05, 0) is 35.9 Å². The number of rotatable bonds is 4. The van der Waals surface area contributed by atoms with E-state index in [9.17, 15) is 9.18 Å². The number of carbonyl (C=O) groups excluding carboxylic acids is 1. The summed E-state index contributed by atoms with van der Waals surface area (Å²) >= 11 is 6.06. The molecular weight excluding hydrogens is 365 g/mol. The maximum absolute atomic E-state index is 13.1. The van der Waals surface area contributed by atoms with E-state index in [2.05, 4.69) is 10.2 Å². The highest BCUT2D eigenvalue weighted by Crippen LogP contribution is 2.23. The van der Waals surface area contributed by atoms with E-state index < -0.39 is 0 Å². The Morgan fingerprint density at radius 2 is 1.78 bits per heavy atom. The summed E-state index contributed by atoms with van der Waals surface area (Å²) in [7, 11) is 0. The summed E-state index contributed by atoms with van der Waals surface area (Å²) in [6.07, 6.45) is 0. The lowest BCUT2D eigenvalue weighted by molar-refractivity contribution is 0.192. The van der Waals surface area contributed by atoms with Gasteiger partial charge in [0, 0.05) is 48.8 Å². The molecule has 0 bridgehead atoms. The summed E-state index contributed by atoms with van der Waals surface area (Å²) in [5.74, 6) is -0.254. The third-order valence-electron chi connectivity index (χ3n) is 5.05. The maximum Gasteiger partial charge on any atom is 0.317 e. The van der Waals surface area contributed by atoms with Crippen molar-refractivity contribution in [2.45, 2.75) is 19.3 Å². The molecule has 2 aromatic rings. The summed E-state index contributed by atoms with van der Waals surface area (Å²) in [5.41, 5.74) is 1.81. The highest BCUT2D eigenvalue weighted by atomic mass is 35.5. The van der Waals surface area contributed by atoms with E-state index >= 15 is 0 Å². The molecule has 3 rings (SSSR count). The molecule has 6 heteroatoms. The summed E-state index contributed by atoms with van der Waals surface area (Å²) in [5, 5.41) is 3.74. The normalized spacial score (nSPS) is 15.0. The van der Waals surface area contributed by atoms with E-state index in [0.29, 0.717) is 19.6 Å². The van der Waals surface area contributed by atoms with E-state index in [0.717, 1.165) is 29.4 Å². The third kappa shape index (κ3) is 4.92. The molecule has 0 atom stereocenters. The lowest BCUT2D eigenvalue weighted by Crippen LogP contribution is -2.53. The Labute approximate surface area is 164 Å². The van der Waals surface area contributed by atoms with Crippen molar-refractivity contribution in [2.75, 3.05) is 37.6 Å². The SMILES string of the molecule is CC(C)(CNC(=O)N1CCN(c2cccc(Cl)c2)CC1)c1ccc(F)cc1. The fourth-order valence-electron chi connectivity index (χ4n) is 3.25. The van der Waals surface area contributed by atoms with Crippen LogP contribution in [0.2, 0.25) is 5.02 Å². The van der Waals surface area contributed by atoms with Crippen molar-refractivity contribution in [2.24, 2.45) is 0 Å². The summed E-state index contributed by atoms with van der Waals surface area (Å²) in [6, 6.07) is 14.2. The molecular formula is C21H25ClFN3O. The highest BCUT2D eigenvalue weighted by molar-refractivity contribution is 6.30. The molecule has 0 aliphatic carbocycles. The number of nitrogens with zero attached hydrogens (tertiary/aromatic N) is 2. The summed E-state index contributed by atoms with van der Waals surface area (Å²) in [4.78, 5) is 16.6. The predicted octanol–water partition coefficient (Wildman–Crippen LogP) is 4.29. The Kier molecular flexibility index (Phi) is 5.90. The van der Waals surface area contributed by atoms with Crippen LogP contribution in [0.15, 0.2) is 48.5 Å². The van der Waals surface area contributed by atoms with Crippen molar-refractivity contribution in [1.29, 1.82) is 0 Å². The van der Waals surface area contributed by atoms with Crippen LogP contribution >= 0.6 is 11.6 Å². The minimum atomic E-state index is -0.272. The lowest BCUT2D eigenvalue weighted by atomic mass is 9.84. The van der Waals surface area contributed by atoms with Gasteiger partial charge in [0.15, 0.2) is 0 Å². The molecule has 1 heterocycles. The fraction of sp³-hybridized carbons (Fsp3) is 0.381. The van der Waals surface area contributed by atoms with Crippen molar-refractivity contribution in [3.05, 3.63) is 64.9 Å². The number of anilines is 1. The van der Waals surface area contributed by atoms with Gasteiger partial charge in [0.05, 0.1) is 0 Å². The van der Waals surface area contributed by atoms with Gasteiger partial charge in [-0.2, -0.15) is 0 Å². The number of benzene rings is 2. The molecule has 2 amide bonds. The van der Waals surface area contributed by atoms with Gasteiger partial charge in [0.25, 0.3) is 0 Å². The number of amides is 2. The molecule has 0 radical (unpaired) electrons. The summed E-state index contributed by atoms with van der Waals surface area (Å²) in [6.45, 7) is 7.44. The molecule has 1 saturated heterocycles. The Bertz CT molecular complexity index is 786. The molecule has 144 valence electrons. The Morgan fingerprint density at radius 3 is 2.41 bits per heavy atom. The first-order valence-corrected chi connectivity index (χ1v) is 9.52. The summed E-state index contributed by atoms with van der Waals surface area (Å²) < 4.78 is 13.1. The Balaban J connectivity index is 1.51. The highest BCUT2D eigenvalue weighted by Gasteiger charge is 2.25. The lowest BCUT2D eigenvalue weighted by Gasteiger charge is -2.37. The number of urea groups is 1. The van der Waals surface area contributed by atoms with Crippen molar-refractivity contribution < 1.29 is 9.18 Å². The maximum atomic E-state index is 13.1.